The molecule has 3 rings (SSSR count). The van der Waals surface area contributed by atoms with Gasteiger partial charge in [-0.05, 0) is 18.2 Å². The Morgan fingerprint density at radius 2 is 2.26 bits per heavy atom. The lowest BCUT2D eigenvalue weighted by molar-refractivity contribution is -0.117. The van der Waals surface area contributed by atoms with Crippen LogP contribution in [0.25, 0.3) is 5.69 Å². The average molecular weight is 278 g/mol. The zero-order valence-corrected chi connectivity index (χ0v) is 10.8. The van der Waals surface area contributed by atoms with Crippen molar-refractivity contribution in [3.63, 3.8) is 0 Å². The maximum Gasteiger partial charge on any atom is 0.228 e. The third-order valence-electron chi connectivity index (χ3n) is 3.06. The molecular weight excluding hydrogens is 266 g/mol. The summed E-state index contributed by atoms with van der Waals surface area (Å²) in [7, 11) is 0. The van der Waals surface area contributed by atoms with E-state index in [4.69, 9.17) is 17.3 Å². The first-order valence-corrected chi connectivity index (χ1v) is 6.23. The van der Waals surface area contributed by atoms with E-state index in [1.807, 2.05) is 12.1 Å². The van der Waals surface area contributed by atoms with Crippen LogP contribution < -0.4 is 10.6 Å². The molecule has 1 unspecified atom stereocenters. The second kappa shape index (κ2) is 4.64. The molecule has 1 atom stereocenters. The Morgan fingerprint density at radius 3 is 2.84 bits per heavy atom. The number of amides is 1. The number of benzene rings is 1. The van der Waals surface area contributed by atoms with Crippen molar-refractivity contribution in [3.8, 4) is 5.69 Å². The molecule has 0 saturated carbocycles. The fourth-order valence-corrected chi connectivity index (χ4v) is 2.43. The molecule has 7 heteroatoms. The smallest absolute Gasteiger partial charge is 0.228 e. The molecule has 1 aliphatic rings. The summed E-state index contributed by atoms with van der Waals surface area (Å²) >= 11 is 6.23. The van der Waals surface area contributed by atoms with Gasteiger partial charge in [0, 0.05) is 24.7 Å². The van der Waals surface area contributed by atoms with Gasteiger partial charge in [-0.2, -0.15) is 5.10 Å². The first-order valence-electron chi connectivity index (χ1n) is 5.85. The highest BCUT2D eigenvalue weighted by Gasteiger charge is 2.28. The summed E-state index contributed by atoms with van der Waals surface area (Å²) in [5.41, 5.74) is 7.26. The Labute approximate surface area is 114 Å². The number of nitrogens with zero attached hydrogens (tertiary/aromatic N) is 4. The average Bonchev–Trinajstić information content (AvgIpc) is 2.99. The van der Waals surface area contributed by atoms with Crippen LogP contribution in [0.2, 0.25) is 5.02 Å². The number of rotatable bonds is 2. The van der Waals surface area contributed by atoms with Gasteiger partial charge >= 0.3 is 0 Å². The lowest BCUT2D eigenvalue weighted by Gasteiger charge is -2.17. The second-order valence-electron chi connectivity index (χ2n) is 4.44. The van der Waals surface area contributed by atoms with E-state index in [2.05, 4.69) is 10.1 Å². The minimum atomic E-state index is -0.110. The van der Waals surface area contributed by atoms with Crippen LogP contribution in [-0.4, -0.2) is 33.3 Å². The SMILES string of the molecule is NC1CC(=O)N(c2ccc(-n3cncn3)c(Cl)c2)C1. The molecule has 0 radical (unpaired) electrons. The summed E-state index contributed by atoms with van der Waals surface area (Å²) in [4.78, 5) is 17.3. The fourth-order valence-electron chi connectivity index (χ4n) is 2.17. The normalized spacial score (nSPS) is 19.2. The molecule has 1 aromatic heterocycles. The van der Waals surface area contributed by atoms with E-state index < -0.39 is 0 Å². The van der Waals surface area contributed by atoms with Crippen LogP contribution in [0.1, 0.15) is 6.42 Å². The van der Waals surface area contributed by atoms with Crippen molar-refractivity contribution in [2.75, 3.05) is 11.4 Å². The number of aromatic nitrogens is 3. The molecule has 0 bridgehead atoms. The molecule has 1 aromatic carbocycles. The summed E-state index contributed by atoms with van der Waals surface area (Å²) in [6.45, 7) is 0.526. The Kier molecular flexibility index (Phi) is 2.96. The van der Waals surface area contributed by atoms with Gasteiger partial charge in [0.1, 0.15) is 12.7 Å². The van der Waals surface area contributed by atoms with E-state index in [0.717, 1.165) is 11.4 Å². The summed E-state index contributed by atoms with van der Waals surface area (Å²) in [6, 6.07) is 5.28. The quantitative estimate of drug-likeness (QED) is 0.888. The molecule has 19 heavy (non-hydrogen) atoms. The third-order valence-corrected chi connectivity index (χ3v) is 3.37. The van der Waals surface area contributed by atoms with Gasteiger partial charge in [0.05, 0.1) is 10.7 Å². The Bertz CT molecular complexity index is 613. The number of hydrogen-bond acceptors (Lipinski definition) is 4. The van der Waals surface area contributed by atoms with Gasteiger partial charge in [-0.1, -0.05) is 11.6 Å². The van der Waals surface area contributed by atoms with Crippen LogP contribution in [-0.2, 0) is 4.79 Å². The maximum atomic E-state index is 11.8. The number of nitrogens with two attached hydrogens (primary N) is 1. The van der Waals surface area contributed by atoms with E-state index in [9.17, 15) is 4.79 Å². The van der Waals surface area contributed by atoms with Gasteiger partial charge in [0.25, 0.3) is 0 Å². The third kappa shape index (κ3) is 2.20. The van der Waals surface area contributed by atoms with Crippen LogP contribution >= 0.6 is 11.6 Å². The van der Waals surface area contributed by atoms with Crippen molar-refractivity contribution >= 4 is 23.2 Å². The monoisotopic (exact) mass is 277 g/mol. The molecule has 1 amide bonds. The van der Waals surface area contributed by atoms with Crippen LogP contribution in [0.3, 0.4) is 0 Å². The van der Waals surface area contributed by atoms with E-state index in [1.54, 1.807) is 22.0 Å². The minimum Gasteiger partial charge on any atom is -0.326 e. The molecule has 2 heterocycles. The molecule has 6 nitrogen and oxygen atoms in total. The zero-order valence-electron chi connectivity index (χ0n) is 10.0. The molecule has 98 valence electrons. The number of carbonyl (C=O) groups is 1. The van der Waals surface area contributed by atoms with Crippen LogP contribution in [0.4, 0.5) is 5.69 Å². The lowest BCUT2D eigenvalue weighted by Crippen LogP contribution is -2.27. The standard InChI is InChI=1S/C12H12ClN5O/c13-10-4-9(17-5-8(14)3-12(17)19)1-2-11(10)18-7-15-6-16-18/h1-2,4,6-8H,3,5,14H2. The molecule has 1 saturated heterocycles. The Hall–Kier alpha value is -1.92. The van der Waals surface area contributed by atoms with Crippen molar-refractivity contribution < 1.29 is 4.79 Å². The molecule has 0 spiro atoms. The maximum absolute atomic E-state index is 11.8. The topological polar surface area (TPSA) is 77.0 Å². The van der Waals surface area contributed by atoms with Crippen LogP contribution in [0.5, 0.6) is 0 Å². The fraction of sp³-hybridized carbons (Fsp3) is 0.250. The summed E-state index contributed by atoms with van der Waals surface area (Å²) in [6.07, 6.45) is 3.38. The number of anilines is 1. The zero-order chi connectivity index (χ0) is 13.4. The molecule has 0 aliphatic carbocycles. The van der Waals surface area contributed by atoms with Gasteiger partial charge in [0.2, 0.25) is 5.91 Å². The van der Waals surface area contributed by atoms with E-state index in [0.29, 0.717) is 18.0 Å². The summed E-state index contributed by atoms with van der Waals surface area (Å²) in [5, 5.41) is 4.53. The van der Waals surface area contributed by atoms with Gasteiger partial charge in [-0.15, -0.1) is 0 Å². The largest absolute Gasteiger partial charge is 0.326 e. The molecule has 2 N–H and O–H groups in total. The number of halogens is 1. The highest BCUT2D eigenvalue weighted by atomic mass is 35.5. The van der Waals surface area contributed by atoms with Crippen molar-refractivity contribution in [2.24, 2.45) is 5.73 Å². The highest BCUT2D eigenvalue weighted by molar-refractivity contribution is 6.32. The van der Waals surface area contributed by atoms with Crippen molar-refractivity contribution in [1.29, 1.82) is 0 Å². The number of carbonyl (C=O) groups excluding carboxylic acids is 1. The van der Waals surface area contributed by atoms with E-state index in [1.165, 1.54) is 6.33 Å². The Balaban J connectivity index is 1.94. The van der Waals surface area contributed by atoms with Gasteiger partial charge in [0.15, 0.2) is 0 Å². The van der Waals surface area contributed by atoms with Crippen molar-refractivity contribution in [2.45, 2.75) is 12.5 Å². The predicted octanol–water partition coefficient (Wildman–Crippen LogP) is 0.985. The predicted molar refractivity (Wildman–Crippen MR) is 71.3 cm³/mol. The van der Waals surface area contributed by atoms with Gasteiger partial charge in [-0.3, -0.25) is 4.79 Å². The first-order chi connectivity index (χ1) is 9.15. The number of hydrogen-bond donors (Lipinski definition) is 1. The molecular formula is C12H12ClN5O. The summed E-state index contributed by atoms with van der Waals surface area (Å²) in [5.74, 6) is 0.0251. The van der Waals surface area contributed by atoms with Crippen LogP contribution in [0, 0.1) is 0 Å². The van der Waals surface area contributed by atoms with Gasteiger partial charge < -0.3 is 10.6 Å². The Morgan fingerprint density at radius 1 is 1.42 bits per heavy atom. The van der Waals surface area contributed by atoms with Crippen LogP contribution in [0.15, 0.2) is 30.9 Å². The van der Waals surface area contributed by atoms with Gasteiger partial charge in [-0.25, -0.2) is 9.67 Å². The van der Waals surface area contributed by atoms with Crippen molar-refractivity contribution in [1.82, 2.24) is 14.8 Å². The lowest BCUT2D eigenvalue weighted by atomic mass is 10.2. The van der Waals surface area contributed by atoms with E-state index in [-0.39, 0.29) is 11.9 Å². The molecule has 1 fully saturated rings. The second-order valence-corrected chi connectivity index (χ2v) is 4.85. The van der Waals surface area contributed by atoms with Crippen molar-refractivity contribution in [3.05, 3.63) is 35.9 Å². The highest BCUT2D eigenvalue weighted by Crippen LogP contribution is 2.28. The van der Waals surface area contributed by atoms with E-state index >= 15 is 0 Å². The molecule has 1 aliphatic heterocycles. The molecule has 2 aromatic rings. The first kappa shape index (κ1) is 12.1. The minimum absolute atomic E-state index is 0.0251. The summed E-state index contributed by atoms with van der Waals surface area (Å²) < 4.78 is 1.57.